The van der Waals surface area contributed by atoms with Gasteiger partial charge in [-0.3, -0.25) is 14.4 Å². The molecule has 14 heteroatoms. The SMILES string of the molecule is CCCCC1(CC)CS(=O)(=O)c2ccc(NC)cc2C(c2cccc(NC(=O)CCCCCCCCCCC(=O)NCc3ccc(C4C(CCC(O)c5ccc(F)cc5)C(=O)N4c4ccc(F)cc4)cc3)c2)C1O. The normalized spacial score (nSPS) is 20.5. The minimum atomic E-state index is -3.71. The molecule has 0 spiro atoms. The number of carbonyl (C=O) groups excluding carboxylic acids is 3. The molecule has 1 saturated heterocycles. The number of benzene rings is 5. The number of aliphatic hydroxyl groups excluding tert-OH is 2. The lowest BCUT2D eigenvalue weighted by Gasteiger charge is -2.48. The van der Waals surface area contributed by atoms with Crippen molar-refractivity contribution in [3.8, 4) is 0 Å². The third-order valence-corrected chi connectivity index (χ3v) is 17.3. The van der Waals surface area contributed by atoms with Crippen LogP contribution in [0.4, 0.5) is 25.8 Å². The summed E-state index contributed by atoms with van der Waals surface area (Å²) in [5.41, 5.74) is 4.84. The minimum absolute atomic E-state index is 0.0159. The van der Waals surface area contributed by atoms with E-state index in [1.165, 1.54) is 24.3 Å². The summed E-state index contributed by atoms with van der Waals surface area (Å²) in [4.78, 5) is 41.3. The lowest BCUT2D eigenvalue weighted by atomic mass is 9.69. The van der Waals surface area contributed by atoms with Crippen molar-refractivity contribution in [3.63, 3.8) is 0 Å². The van der Waals surface area contributed by atoms with Crippen LogP contribution < -0.4 is 20.9 Å². The zero-order valence-corrected chi connectivity index (χ0v) is 43.9. The number of halogens is 2. The summed E-state index contributed by atoms with van der Waals surface area (Å²) in [6.45, 7) is 4.41. The number of hydrogen-bond acceptors (Lipinski definition) is 8. The first-order valence-corrected chi connectivity index (χ1v) is 28.3. The van der Waals surface area contributed by atoms with Crippen molar-refractivity contribution in [2.45, 2.75) is 152 Å². The molecule has 0 aromatic heterocycles. The van der Waals surface area contributed by atoms with Crippen LogP contribution in [0.1, 0.15) is 162 Å². The van der Waals surface area contributed by atoms with Crippen LogP contribution in [0.2, 0.25) is 0 Å². The topological polar surface area (TPSA) is 165 Å². The molecule has 2 aliphatic rings. The van der Waals surface area contributed by atoms with Gasteiger partial charge in [-0.1, -0.05) is 114 Å². The van der Waals surface area contributed by atoms with Crippen molar-refractivity contribution in [2.75, 3.05) is 28.3 Å². The van der Waals surface area contributed by atoms with E-state index in [1.54, 1.807) is 48.3 Å². The lowest BCUT2D eigenvalue weighted by Crippen LogP contribution is -2.55. The molecule has 2 aliphatic heterocycles. The van der Waals surface area contributed by atoms with E-state index >= 15 is 0 Å². The highest BCUT2D eigenvalue weighted by atomic mass is 32.2. The lowest BCUT2D eigenvalue weighted by molar-refractivity contribution is -0.131. The van der Waals surface area contributed by atoms with E-state index in [0.717, 1.165) is 86.6 Å². The Morgan fingerprint density at radius 2 is 1.39 bits per heavy atom. The second-order valence-electron chi connectivity index (χ2n) is 20.4. The Hall–Kier alpha value is -5.96. The van der Waals surface area contributed by atoms with E-state index < -0.39 is 45.1 Å². The van der Waals surface area contributed by atoms with Gasteiger partial charge in [-0.2, -0.15) is 0 Å². The first-order valence-electron chi connectivity index (χ1n) is 26.7. The van der Waals surface area contributed by atoms with Gasteiger partial charge in [0, 0.05) is 54.8 Å². The number of nitrogens with zero attached hydrogens (tertiary/aromatic N) is 1. The fourth-order valence-corrected chi connectivity index (χ4v) is 13.2. The zero-order valence-electron chi connectivity index (χ0n) is 43.1. The van der Waals surface area contributed by atoms with Crippen LogP contribution in [0.25, 0.3) is 0 Å². The zero-order chi connectivity index (χ0) is 52.8. The van der Waals surface area contributed by atoms with E-state index in [0.29, 0.717) is 67.6 Å². The summed E-state index contributed by atoms with van der Waals surface area (Å²) in [6, 6.07) is 31.7. The summed E-state index contributed by atoms with van der Waals surface area (Å²) in [5, 5.41) is 32.3. The van der Waals surface area contributed by atoms with Gasteiger partial charge in [-0.15, -0.1) is 0 Å². The molecule has 5 N–H and O–H groups in total. The monoisotopic (exact) mass is 1030 g/mol. The van der Waals surface area contributed by atoms with Gasteiger partial charge in [-0.25, -0.2) is 17.2 Å². The molecule has 74 heavy (non-hydrogen) atoms. The average molecular weight is 1030 g/mol. The van der Waals surface area contributed by atoms with Gasteiger partial charge < -0.3 is 31.1 Å². The molecule has 7 rings (SSSR count). The number of aliphatic hydroxyl groups is 2. The van der Waals surface area contributed by atoms with E-state index in [9.17, 15) is 41.8 Å². The van der Waals surface area contributed by atoms with Gasteiger partial charge in [-0.05, 0) is 133 Å². The van der Waals surface area contributed by atoms with Crippen molar-refractivity contribution in [2.24, 2.45) is 11.3 Å². The van der Waals surface area contributed by atoms with Crippen molar-refractivity contribution < 1.29 is 41.8 Å². The second-order valence-corrected chi connectivity index (χ2v) is 22.4. The molecule has 6 atom stereocenters. The molecule has 0 aliphatic carbocycles. The first-order chi connectivity index (χ1) is 35.7. The fraction of sp³-hybridized carbons (Fsp3) is 0.450. The Bertz CT molecular complexity index is 2780. The Kier molecular flexibility index (Phi) is 19.6. The standard InChI is InChI=1S/C60H74F2N4O7S/c1-4-6-36-60(5-2)40-74(72,73)53-35-30-47(63-3)38-51(53)56(58(60)70)44-16-15-17-48(37-44)65-55(69)19-14-12-10-8-7-9-11-13-18-54(68)64-39-41-20-22-43(23-21-41)57-50(33-34-52(67)42-24-26-45(61)27-25-42)59(71)66(57)49-31-28-46(62)29-32-49/h15-17,20-32,35,37-38,50,52,56-58,63,67,70H,4-14,18-19,33-34,36,39-40H2,1-3H3,(H,64,68)(H,65,69). The number of anilines is 3. The molecule has 396 valence electrons. The Morgan fingerprint density at radius 3 is 2.03 bits per heavy atom. The van der Waals surface area contributed by atoms with Crippen LogP contribution in [-0.4, -0.2) is 55.3 Å². The van der Waals surface area contributed by atoms with Gasteiger partial charge in [0.2, 0.25) is 17.7 Å². The van der Waals surface area contributed by atoms with Crippen molar-refractivity contribution in [1.29, 1.82) is 0 Å². The molecule has 1 fully saturated rings. The molecule has 3 amide bonds. The van der Waals surface area contributed by atoms with Gasteiger partial charge in [0.25, 0.3) is 0 Å². The Morgan fingerprint density at radius 1 is 0.757 bits per heavy atom. The number of nitrogens with one attached hydrogen (secondary N) is 3. The molecule has 6 unspecified atom stereocenters. The maximum Gasteiger partial charge on any atom is 0.233 e. The van der Waals surface area contributed by atoms with E-state index in [4.69, 9.17) is 0 Å². The van der Waals surface area contributed by atoms with Crippen LogP contribution in [-0.2, 0) is 30.8 Å². The van der Waals surface area contributed by atoms with Gasteiger partial charge in [0.1, 0.15) is 11.6 Å². The van der Waals surface area contributed by atoms with Gasteiger partial charge in [0.05, 0.1) is 34.8 Å². The third-order valence-electron chi connectivity index (χ3n) is 15.3. The maximum absolute atomic E-state index is 14.0. The molecule has 0 radical (unpaired) electrons. The van der Waals surface area contributed by atoms with Crippen LogP contribution in [0.3, 0.4) is 0 Å². The largest absolute Gasteiger partial charge is 0.392 e. The number of amides is 3. The summed E-state index contributed by atoms with van der Waals surface area (Å²) in [7, 11) is -1.92. The van der Waals surface area contributed by atoms with Crippen molar-refractivity contribution in [3.05, 3.63) is 155 Å². The van der Waals surface area contributed by atoms with Gasteiger partial charge >= 0.3 is 0 Å². The fourth-order valence-electron chi connectivity index (χ4n) is 11.0. The summed E-state index contributed by atoms with van der Waals surface area (Å²) in [6.07, 6.45) is 10.1. The van der Waals surface area contributed by atoms with E-state index in [-0.39, 0.29) is 40.2 Å². The molecule has 2 heterocycles. The smallest absolute Gasteiger partial charge is 0.233 e. The molecular formula is C60H74F2N4O7S. The Balaban J connectivity index is 0.805. The minimum Gasteiger partial charge on any atom is -0.392 e. The van der Waals surface area contributed by atoms with Crippen LogP contribution in [0.15, 0.2) is 120 Å². The molecule has 5 aromatic rings. The first kappa shape index (κ1) is 55.8. The van der Waals surface area contributed by atoms with Crippen molar-refractivity contribution in [1.82, 2.24) is 5.32 Å². The summed E-state index contributed by atoms with van der Waals surface area (Å²) in [5.74, 6) is -2.15. The highest BCUT2D eigenvalue weighted by Gasteiger charge is 2.50. The second kappa shape index (κ2) is 26.0. The predicted octanol–water partition coefficient (Wildman–Crippen LogP) is 12.2. The number of β-lactam (4-membered cyclic amide) rings is 1. The highest BCUT2D eigenvalue weighted by Crippen LogP contribution is 2.50. The number of carbonyl (C=O) groups is 3. The maximum atomic E-state index is 14.0. The van der Waals surface area contributed by atoms with Crippen molar-refractivity contribution >= 4 is 44.6 Å². The highest BCUT2D eigenvalue weighted by molar-refractivity contribution is 7.91. The third kappa shape index (κ3) is 13.8. The average Bonchev–Trinajstić information content (AvgIpc) is 3.46. The summed E-state index contributed by atoms with van der Waals surface area (Å²) < 4.78 is 55.2. The number of fused-ring (bicyclic) bond motifs is 1. The van der Waals surface area contributed by atoms with E-state index in [1.807, 2.05) is 61.5 Å². The Labute approximate surface area is 436 Å². The number of unbranched alkanes of at least 4 members (excludes halogenated alkanes) is 8. The molecule has 0 saturated carbocycles. The van der Waals surface area contributed by atoms with Crippen LogP contribution >= 0.6 is 0 Å². The van der Waals surface area contributed by atoms with Crippen LogP contribution in [0, 0.1) is 23.0 Å². The molecule has 11 nitrogen and oxygen atoms in total. The van der Waals surface area contributed by atoms with Gasteiger partial charge in [0.15, 0.2) is 9.84 Å². The predicted molar refractivity (Wildman–Crippen MR) is 288 cm³/mol. The quantitative estimate of drug-likeness (QED) is 0.0270. The number of hydrogen-bond donors (Lipinski definition) is 5. The molecule has 5 aromatic carbocycles. The summed E-state index contributed by atoms with van der Waals surface area (Å²) >= 11 is 0. The number of sulfone groups is 1. The molecular weight excluding hydrogens is 959 g/mol. The number of rotatable bonds is 26. The van der Waals surface area contributed by atoms with Crippen LogP contribution in [0.5, 0.6) is 0 Å². The van der Waals surface area contributed by atoms with E-state index in [2.05, 4.69) is 22.9 Å². The molecule has 0 bridgehead atoms.